The summed E-state index contributed by atoms with van der Waals surface area (Å²) in [4.78, 5) is 28.6. The van der Waals surface area contributed by atoms with E-state index in [2.05, 4.69) is 9.97 Å². The summed E-state index contributed by atoms with van der Waals surface area (Å²) in [5.74, 6) is 1.21. The van der Waals surface area contributed by atoms with Gasteiger partial charge in [-0.15, -0.1) is 0 Å². The zero-order valence-corrected chi connectivity index (χ0v) is 26.5. The minimum atomic E-state index is -0.502. The van der Waals surface area contributed by atoms with Crippen LogP contribution in [0.25, 0.3) is 11.4 Å². The van der Waals surface area contributed by atoms with E-state index < -0.39 is 18.3 Å². The van der Waals surface area contributed by atoms with Crippen molar-refractivity contribution in [1.29, 1.82) is 0 Å². The van der Waals surface area contributed by atoms with Crippen LogP contribution >= 0.6 is 0 Å². The molecule has 12 heteroatoms. The number of amides is 1. The van der Waals surface area contributed by atoms with Gasteiger partial charge >= 0.3 is 0 Å². The van der Waals surface area contributed by atoms with Crippen LogP contribution in [0.3, 0.4) is 0 Å². The van der Waals surface area contributed by atoms with E-state index in [0.717, 1.165) is 29.5 Å². The molecule has 1 aliphatic carbocycles. The minimum Gasteiger partial charge on any atom is -0.487 e. The van der Waals surface area contributed by atoms with Gasteiger partial charge in [-0.1, -0.05) is 24.3 Å². The molecule has 0 bridgehead atoms. The number of carbonyl (C=O) groups is 1. The third kappa shape index (κ3) is 7.19. The minimum absolute atomic E-state index is 0.00638. The van der Waals surface area contributed by atoms with Crippen molar-refractivity contribution in [2.24, 2.45) is 0 Å². The summed E-state index contributed by atoms with van der Waals surface area (Å²) in [5, 5.41) is 10.6. The number of halogens is 1. The number of fused-ring (bicyclic) bond motifs is 1. The number of anilines is 2. The molecule has 4 aromatic rings. The van der Waals surface area contributed by atoms with E-state index >= 15 is 4.39 Å². The summed E-state index contributed by atoms with van der Waals surface area (Å²) in [6, 6.07) is 14.3. The van der Waals surface area contributed by atoms with E-state index in [9.17, 15) is 9.90 Å². The fraction of sp³-hybridized carbons (Fsp3) is 0.371. The molecule has 3 aromatic carbocycles. The quantitative estimate of drug-likeness (QED) is 0.189. The Morgan fingerprint density at radius 3 is 2.45 bits per heavy atom. The predicted octanol–water partition coefficient (Wildman–Crippen LogP) is 4.47. The number of rotatable bonds is 14. The highest BCUT2D eigenvalue weighted by Crippen LogP contribution is 2.42. The summed E-state index contributed by atoms with van der Waals surface area (Å²) in [6.07, 6.45) is 2.91. The summed E-state index contributed by atoms with van der Waals surface area (Å²) in [5.41, 5.74) is 10.2. The van der Waals surface area contributed by atoms with Crippen LogP contribution in [-0.2, 0) is 28.9 Å². The maximum atomic E-state index is 15.3. The van der Waals surface area contributed by atoms with Gasteiger partial charge in [-0.2, -0.15) is 9.97 Å². The SMILES string of the molecule is COCCOc1ccc(Cc2nc(N)nc(-c3cccc(N4CCc5cc(C6CC6)cc(F)c5C4=O)c3CO)n2)cc1OCCOC. The summed E-state index contributed by atoms with van der Waals surface area (Å²) >= 11 is 0. The molecule has 6 rings (SSSR count). The highest BCUT2D eigenvalue weighted by atomic mass is 19.1. The Morgan fingerprint density at radius 1 is 0.957 bits per heavy atom. The number of carbonyl (C=O) groups excluding carboxylic acids is 1. The van der Waals surface area contributed by atoms with Gasteiger partial charge in [0.1, 0.15) is 24.9 Å². The van der Waals surface area contributed by atoms with Gasteiger partial charge in [-0.05, 0) is 66.1 Å². The predicted molar refractivity (Wildman–Crippen MR) is 173 cm³/mol. The van der Waals surface area contributed by atoms with Crippen LogP contribution in [0, 0.1) is 5.82 Å². The maximum Gasteiger partial charge on any atom is 0.261 e. The Kier molecular flexibility index (Phi) is 9.90. The van der Waals surface area contributed by atoms with Crippen molar-refractivity contribution in [3.05, 3.63) is 88.0 Å². The zero-order chi connectivity index (χ0) is 32.9. The van der Waals surface area contributed by atoms with Crippen molar-refractivity contribution >= 4 is 17.5 Å². The summed E-state index contributed by atoms with van der Waals surface area (Å²) in [6.45, 7) is 1.48. The molecule has 47 heavy (non-hydrogen) atoms. The van der Waals surface area contributed by atoms with E-state index in [1.54, 1.807) is 32.4 Å². The maximum absolute atomic E-state index is 15.3. The molecule has 11 nitrogen and oxygen atoms in total. The Balaban J connectivity index is 1.28. The number of hydrogen-bond donors (Lipinski definition) is 2. The van der Waals surface area contributed by atoms with Crippen molar-refractivity contribution in [1.82, 2.24) is 15.0 Å². The van der Waals surface area contributed by atoms with Crippen molar-refractivity contribution in [3.8, 4) is 22.9 Å². The molecular formula is C35H38FN5O6. The monoisotopic (exact) mass is 643 g/mol. The topological polar surface area (TPSA) is 142 Å². The number of ether oxygens (including phenoxy) is 4. The lowest BCUT2D eigenvalue weighted by Gasteiger charge is -2.31. The second-order valence-corrected chi connectivity index (χ2v) is 11.6. The number of methoxy groups -OCH3 is 2. The molecule has 1 fully saturated rings. The van der Waals surface area contributed by atoms with Gasteiger partial charge in [0.2, 0.25) is 5.95 Å². The number of nitrogen functional groups attached to an aromatic ring is 1. The van der Waals surface area contributed by atoms with E-state index in [1.165, 1.54) is 11.0 Å². The van der Waals surface area contributed by atoms with E-state index in [1.807, 2.05) is 24.3 Å². The Hall–Kier alpha value is -4.65. The second kappa shape index (κ2) is 14.4. The largest absolute Gasteiger partial charge is 0.487 e. The van der Waals surface area contributed by atoms with Gasteiger partial charge in [0, 0.05) is 38.3 Å². The first-order chi connectivity index (χ1) is 22.9. The molecule has 0 spiro atoms. The van der Waals surface area contributed by atoms with Gasteiger partial charge in [0.15, 0.2) is 17.3 Å². The smallest absolute Gasteiger partial charge is 0.261 e. The molecule has 246 valence electrons. The van der Waals surface area contributed by atoms with Crippen LogP contribution in [0.15, 0.2) is 48.5 Å². The number of nitrogens with zero attached hydrogens (tertiary/aromatic N) is 4. The number of aliphatic hydroxyl groups excluding tert-OH is 1. The lowest BCUT2D eigenvalue weighted by Crippen LogP contribution is -2.39. The Morgan fingerprint density at radius 2 is 1.72 bits per heavy atom. The molecule has 2 aliphatic rings. The number of hydrogen-bond acceptors (Lipinski definition) is 10. The first-order valence-electron chi connectivity index (χ1n) is 15.6. The molecule has 2 heterocycles. The molecule has 1 amide bonds. The van der Waals surface area contributed by atoms with Crippen molar-refractivity contribution in [3.63, 3.8) is 0 Å². The van der Waals surface area contributed by atoms with Gasteiger partial charge < -0.3 is 34.7 Å². The lowest BCUT2D eigenvalue weighted by molar-refractivity contribution is 0.0976. The second-order valence-electron chi connectivity index (χ2n) is 11.6. The van der Waals surface area contributed by atoms with Crippen LogP contribution in [0.5, 0.6) is 11.5 Å². The van der Waals surface area contributed by atoms with Gasteiger partial charge in [-0.25, -0.2) is 9.37 Å². The van der Waals surface area contributed by atoms with Crippen LogP contribution in [0.4, 0.5) is 16.0 Å². The van der Waals surface area contributed by atoms with E-state index in [0.29, 0.717) is 85.9 Å². The standard InChI is InChI=1S/C35H38FN5O6/c1-44-12-14-46-29-9-6-21(16-30(29)47-15-13-45-2)17-31-38-33(40-35(37)39-31)25-4-3-5-28(26(25)20-42)41-11-10-23-18-24(22-7-8-22)19-27(36)32(23)34(41)43/h3-6,9,16,18-19,22,42H,7-8,10-15,17,20H2,1-2H3,(H2,37,38,39,40). The van der Waals surface area contributed by atoms with Crippen molar-refractivity contribution in [2.75, 3.05) is 57.8 Å². The number of benzene rings is 3. The number of aliphatic hydroxyl groups is 1. The van der Waals surface area contributed by atoms with Crippen LogP contribution < -0.4 is 20.1 Å². The van der Waals surface area contributed by atoms with E-state index in [-0.39, 0.29) is 17.3 Å². The molecule has 0 unspecified atom stereocenters. The number of aromatic nitrogens is 3. The first kappa shape index (κ1) is 32.3. The molecule has 1 aliphatic heterocycles. The van der Waals surface area contributed by atoms with Crippen LogP contribution in [-0.4, -0.2) is 73.2 Å². The molecule has 3 N–H and O–H groups in total. The van der Waals surface area contributed by atoms with Gasteiger partial charge in [0.25, 0.3) is 5.91 Å². The Bertz CT molecular complexity index is 1770. The highest BCUT2D eigenvalue weighted by molar-refractivity contribution is 6.09. The molecular weight excluding hydrogens is 605 g/mol. The average Bonchev–Trinajstić information content (AvgIpc) is 3.91. The highest BCUT2D eigenvalue weighted by Gasteiger charge is 2.33. The van der Waals surface area contributed by atoms with Crippen molar-refractivity contribution in [2.45, 2.75) is 38.2 Å². The molecule has 1 aromatic heterocycles. The van der Waals surface area contributed by atoms with Crippen molar-refractivity contribution < 1.29 is 33.2 Å². The normalized spacial score (nSPS) is 14.3. The molecule has 0 atom stereocenters. The molecule has 0 saturated heterocycles. The lowest BCUT2D eigenvalue weighted by atomic mass is 9.93. The Labute approximate surface area is 272 Å². The molecule has 0 radical (unpaired) electrons. The third-order valence-corrected chi connectivity index (χ3v) is 8.31. The summed E-state index contributed by atoms with van der Waals surface area (Å²) < 4.78 is 37.2. The van der Waals surface area contributed by atoms with Crippen LogP contribution in [0.1, 0.15) is 57.2 Å². The summed E-state index contributed by atoms with van der Waals surface area (Å²) in [7, 11) is 3.21. The zero-order valence-electron chi connectivity index (χ0n) is 26.5. The third-order valence-electron chi connectivity index (χ3n) is 8.31. The van der Waals surface area contributed by atoms with Gasteiger partial charge in [-0.3, -0.25) is 4.79 Å². The average molecular weight is 644 g/mol. The van der Waals surface area contributed by atoms with Gasteiger partial charge in [0.05, 0.1) is 31.1 Å². The fourth-order valence-corrected chi connectivity index (χ4v) is 5.86. The fourth-order valence-electron chi connectivity index (χ4n) is 5.86. The molecule has 1 saturated carbocycles. The van der Waals surface area contributed by atoms with E-state index in [4.69, 9.17) is 29.7 Å². The van der Waals surface area contributed by atoms with Crippen LogP contribution in [0.2, 0.25) is 0 Å². The number of nitrogens with two attached hydrogens (primary N) is 1. The first-order valence-corrected chi connectivity index (χ1v) is 15.6.